The summed E-state index contributed by atoms with van der Waals surface area (Å²) in [6.07, 6.45) is 2.17. The summed E-state index contributed by atoms with van der Waals surface area (Å²) >= 11 is 1.76. The Morgan fingerprint density at radius 1 is 1.18 bits per heavy atom. The third-order valence-corrected chi connectivity index (χ3v) is 3.94. The van der Waals surface area contributed by atoms with Gasteiger partial charge < -0.3 is 5.73 Å². The normalized spacial score (nSPS) is 12.6. The number of nitrogens with two attached hydrogens (primary N) is 1. The molecule has 2 rings (SSSR count). The maximum Gasteiger partial charge on any atom is -0.00425 e. The zero-order valence-electron chi connectivity index (χ0n) is 10.2. The van der Waals surface area contributed by atoms with Gasteiger partial charge in [0.15, 0.2) is 0 Å². The van der Waals surface area contributed by atoms with Gasteiger partial charge in [-0.05, 0) is 65.7 Å². The Bertz CT molecular complexity index is 448. The van der Waals surface area contributed by atoms with Gasteiger partial charge in [-0.1, -0.05) is 24.3 Å². The molecular formula is C15H19NS. The highest BCUT2D eigenvalue weighted by molar-refractivity contribution is 7.07. The Labute approximate surface area is 107 Å². The standard InChI is InChI=1S/C15H19NS/c1-12-4-2-3-5-15(12)9-14(10-16)8-13-6-7-17-11-13/h2-7,11,14H,8-10,16H2,1H3. The second-order valence-electron chi connectivity index (χ2n) is 4.57. The predicted molar refractivity (Wildman–Crippen MR) is 75.5 cm³/mol. The minimum absolute atomic E-state index is 0.547. The van der Waals surface area contributed by atoms with Crippen molar-refractivity contribution in [2.75, 3.05) is 6.54 Å². The molecule has 1 unspecified atom stereocenters. The molecule has 1 aromatic heterocycles. The summed E-state index contributed by atoms with van der Waals surface area (Å²) < 4.78 is 0. The molecule has 0 bridgehead atoms. The topological polar surface area (TPSA) is 26.0 Å². The second-order valence-corrected chi connectivity index (χ2v) is 5.35. The van der Waals surface area contributed by atoms with Crippen LogP contribution in [-0.2, 0) is 12.8 Å². The van der Waals surface area contributed by atoms with Crippen molar-refractivity contribution in [3.63, 3.8) is 0 Å². The fraction of sp³-hybridized carbons (Fsp3) is 0.333. The lowest BCUT2D eigenvalue weighted by molar-refractivity contribution is 0.533. The first-order valence-corrected chi connectivity index (χ1v) is 6.99. The average molecular weight is 245 g/mol. The molecule has 17 heavy (non-hydrogen) atoms. The van der Waals surface area contributed by atoms with Crippen molar-refractivity contribution in [2.45, 2.75) is 19.8 Å². The van der Waals surface area contributed by atoms with E-state index in [1.165, 1.54) is 16.7 Å². The quantitative estimate of drug-likeness (QED) is 0.858. The van der Waals surface area contributed by atoms with E-state index in [-0.39, 0.29) is 0 Å². The van der Waals surface area contributed by atoms with Gasteiger partial charge in [-0.25, -0.2) is 0 Å². The summed E-state index contributed by atoms with van der Waals surface area (Å²) in [7, 11) is 0. The zero-order valence-corrected chi connectivity index (χ0v) is 11.0. The Morgan fingerprint density at radius 2 is 2.00 bits per heavy atom. The third kappa shape index (κ3) is 3.42. The number of benzene rings is 1. The van der Waals surface area contributed by atoms with Crippen LogP contribution in [0, 0.1) is 12.8 Å². The van der Waals surface area contributed by atoms with Crippen LogP contribution in [0.1, 0.15) is 16.7 Å². The van der Waals surface area contributed by atoms with E-state index in [0.29, 0.717) is 5.92 Å². The van der Waals surface area contributed by atoms with Crippen LogP contribution in [0.4, 0.5) is 0 Å². The minimum Gasteiger partial charge on any atom is -0.330 e. The van der Waals surface area contributed by atoms with Crippen molar-refractivity contribution in [1.82, 2.24) is 0 Å². The Morgan fingerprint density at radius 3 is 2.65 bits per heavy atom. The van der Waals surface area contributed by atoms with Crippen LogP contribution in [0.15, 0.2) is 41.1 Å². The van der Waals surface area contributed by atoms with E-state index in [9.17, 15) is 0 Å². The molecule has 0 aliphatic heterocycles. The van der Waals surface area contributed by atoms with Crippen LogP contribution in [0.3, 0.4) is 0 Å². The molecule has 0 fully saturated rings. The van der Waals surface area contributed by atoms with Crippen LogP contribution >= 0.6 is 11.3 Å². The van der Waals surface area contributed by atoms with Crippen molar-refractivity contribution < 1.29 is 0 Å². The molecule has 0 spiro atoms. The lowest BCUT2D eigenvalue weighted by Crippen LogP contribution is -2.19. The Balaban J connectivity index is 2.03. The molecule has 1 aromatic carbocycles. The van der Waals surface area contributed by atoms with Crippen LogP contribution in [-0.4, -0.2) is 6.54 Å². The number of aryl methyl sites for hydroxylation is 1. The van der Waals surface area contributed by atoms with E-state index in [0.717, 1.165) is 19.4 Å². The lowest BCUT2D eigenvalue weighted by atomic mass is 9.92. The monoisotopic (exact) mass is 245 g/mol. The highest BCUT2D eigenvalue weighted by Crippen LogP contribution is 2.18. The van der Waals surface area contributed by atoms with Gasteiger partial charge in [0.25, 0.3) is 0 Å². The van der Waals surface area contributed by atoms with Crippen LogP contribution in [0.5, 0.6) is 0 Å². The summed E-state index contributed by atoms with van der Waals surface area (Å²) in [5.41, 5.74) is 10.1. The van der Waals surface area contributed by atoms with Crippen LogP contribution < -0.4 is 5.73 Å². The van der Waals surface area contributed by atoms with Gasteiger partial charge in [-0.2, -0.15) is 11.3 Å². The molecule has 1 atom stereocenters. The van der Waals surface area contributed by atoms with Gasteiger partial charge in [0, 0.05) is 0 Å². The zero-order chi connectivity index (χ0) is 12.1. The number of rotatable bonds is 5. The molecule has 2 N–H and O–H groups in total. The van der Waals surface area contributed by atoms with Crippen LogP contribution in [0.25, 0.3) is 0 Å². The number of hydrogen-bond acceptors (Lipinski definition) is 2. The summed E-state index contributed by atoms with van der Waals surface area (Å²) in [6, 6.07) is 10.8. The van der Waals surface area contributed by atoms with Crippen molar-refractivity contribution in [3.8, 4) is 0 Å². The predicted octanol–water partition coefficient (Wildman–Crippen LogP) is 3.42. The van der Waals surface area contributed by atoms with E-state index in [1.54, 1.807) is 11.3 Å². The minimum atomic E-state index is 0.547. The molecule has 0 saturated carbocycles. The lowest BCUT2D eigenvalue weighted by Gasteiger charge is -2.15. The van der Waals surface area contributed by atoms with Gasteiger partial charge in [-0.15, -0.1) is 0 Å². The second kappa shape index (κ2) is 5.99. The maximum absolute atomic E-state index is 5.89. The van der Waals surface area contributed by atoms with Crippen LogP contribution in [0.2, 0.25) is 0 Å². The summed E-state index contributed by atoms with van der Waals surface area (Å²) in [4.78, 5) is 0. The molecule has 0 aliphatic carbocycles. The molecule has 1 heterocycles. The fourth-order valence-corrected chi connectivity index (χ4v) is 2.81. The summed E-state index contributed by atoms with van der Waals surface area (Å²) in [6.45, 7) is 2.93. The summed E-state index contributed by atoms with van der Waals surface area (Å²) in [5, 5.41) is 4.36. The molecule has 90 valence electrons. The SMILES string of the molecule is Cc1ccccc1CC(CN)Cc1ccsc1. The van der Waals surface area contributed by atoms with Crippen molar-refractivity contribution in [1.29, 1.82) is 0 Å². The van der Waals surface area contributed by atoms with Crippen molar-refractivity contribution in [3.05, 3.63) is 57.8 Å². The van der Waals surface area contributed by atoms with Gasteiger partial charge in [-0.3, -0.25) is 0 Å². The summed E-state index contributed by atoms with van der Waals surface area (Å²) in [5.74, 6) is 0.547. The third-order valence-electron chi connectivity index (χ3n) is 3.21. The first kappa shape index (κ1) is 12.3. The average Bonchev–Trinajstić information content (AvgIpc) is 2.84. The highest BCUT2D eigenvalue weighted by Gasteiger charge is 2.10. The first-order chi connectivity index (χ1) is 8.29. The van der Waals surface area contributed by atoms with E-state index in [4.69, 9.17) is 5.73 Å². The molecule has 0 radical (unpaired) electrons. The molecular weight excluding hydrogens is 226 g/mol. The molecule has 0 saturated heterocycles. The molecule has 2 heteroatoms. The van der Waals surface area contributed by atoms with Gasteiger partial charge in [0.05, 0.1) is 0 Å². The highest BCUT2D eigenvalue weighted by atomic mass is 32.1. The van der Waals surface area contributed by atoms with Crippen molar-refractivity contribution >= 4 is 11.3 Å². The number of hydrogen-bond donors (Lipinski definition) is 1. The Hall–Kier alpha value is -1.12. The van der Waals surface area contributed by atoms with Gasteiger partial charge >= 0.3 is 0 Å². The smallest absolute Gasteiger partial charge is 0.00425 e. The molecule has 1 nitrogen and oxygen atoms in total. The fourth-order valence-electron chi connectivity index (χ4n) is 2.13. The van der Waals surface area contributed by atoms with E-state index >= 15 is 0 Å². The van der Waals surface area contributed by atoms with Gasteiger partial charge in [0.2, 0.25) is 0 Å². The number of thiophene rings is 1. The molecule has 2 aromatic rings. The van der Waals surface area contributed by atoms with E-state index < -0.39 is 0 Å². The Kier molecular flexibility index (Phi) is 4.35. The maximum atomic E-state index is 5.89. The van der Waals surface area contributed by atoms with Crippen molar-refractivity contribution in [2.24, 2.45) is 11.7 Å². The first-order valence-electron chi connectivity index (χ1n) is 6.05. The van der Waals surface area contributed by atoms with Gasteiger partial charge in [0.1, 0.15) is 0 Å². The molecule has 0 amide bonds. The largest absolute Gasteiger partial charge is 0.330 e. The van der Waals surface area contributed by atoms with E-state index in [1.807, 2.05) is 0 Å². The van der Waals surface area contributed by atoms with E-state index in [2.05, 4.69) is 48.0 Å². The molecule has 0 aliphatic rings.